The molecule has 0 aromatic heterocycles. The molecule has 5 nitrogen and oxygen atoms in total. The molecule has 0 saturated heterocycles. The Balaban J connectivity index is 2.38. The molecule has 0 spiro atoms. The standard InChI is InChI=1S/C9H10O5/c10-3-1-2-8(12)6-4-7(6)9(13)14-5-11/h5-8,10,12H,3-4H2. The summed E-state index contributed by atoms with van der Waals surface area (Å²) in [6, 6.07) is 0. The molecule has 1 aliphatic rings. The van der Waals surface area contributed by atoms with E-state index in [0.717, 1.165) is 0 Å². The molecule has 0 radical (unpaired) electrons. The van der Waals surface area contributed by atoms with Crippen LogP contribution in [-0.2, 0) is 14.3 Å². The second-order valence-electron chi connectivity index (χ2n) is 2.96. The van der Waals surface area contributed by atoms with Crippen molar-refractivity contribution in [3.05, 3.63) is 0 Å². The van der Waals surface area contributed by atoms with E-state index < -0.39 is 18.0 Å². The SMILES string of the molecule is O=COC(=O)C1CC1C(O)C#CCO. The van der Waals surface area contributed by atoms with Gasteiger partial charge in [0.05, 0.1) is 5.92 Å². The topological polar surface area (TPSA) is 83.8 Å². The quantitative estimate of drug-likeness (QED) is 0.254. The number of carbonyl (C=O) groups excluding carboxylic acids is 2. The van der Waals surface area contributed by atoms with Crippen LogP contribution in [-0.4, -0.2) is 35.4 Å². The Morgan fingerprint density at radius 1 is 1.71 bits per heavy atom. The van der Waals surface area contributed by atoms with Crippen molar-refractivity contribution in [3.8, 4) is 11.8 Å². The van der Waals surface area contributed by atoms with Crippen LogP contribution in [0.2, 0.25) is 0 Å². The van der Waals surface area contributed by atoms with E-state index in [4.69, 9.17) is 5.11 Å². The molecular weight excluding hydrogens is 188 g/mol. The maximum absolute atomic E-state index is 10.9. The molecule has 3 unspecified atom stereocenters. The van der Waals surface area contributed by atoms with E-state index in [9.17, 15) is 14.7 Å². The molecular formula is C9H10O5. The maximum atomic E-state index is 10.9. The fraction of sp³-hybridized carbons (Fsp3) is 0.556. The Kier molecular flexibility index (Phi) is 3.63. The van der Waals surface area contributed by atoms with Gasteiger partial charge in [-0.3, -0.25) is 9.59 Å². The largest absolute Gasteiger partial charge is 0.395 e. The van der Waals surface area contributed by atoms with Crippen LogP contribution in [0.5, 0.6) is 0 Å². The summed E-state index contributed by atoms with van der Waals surface area (Å²) < 4.78 is 4.12. The van der Waals surface area contributed by atoms with Crippen LogP contribution in [0, 0.1) is 23.7 Å². The van der Waals surface area contributed by atoms with Crippen molar-refractivity contribution in [2.45, 2.75) is 12.5 Å². The highest BCUT2D eigenvalue weighted by molar-refractivity contribution is 5.81. The summed E-state index contributed by atoms with van der Waals surface area (Å²) in [4.78, 5) is 20.8. The van der Waals surface area contributed by atoms with Gasteiger partial charge in [0.1, 0.15) is 12.7 Å². The maximum Gasteiger partial charge on any atom is 0.316 e. The molecule has 0 aliphatic heterocycles. The second-order valence-corrected chi connectivity index (χ2v) is 2.96. The van der Waals surface area contributed by atoms with Crippen LogP contribution in [0.1, 0.15) is 6.42 Å². The molecule has 14 heavy (non-hydrogen) atoms. The summed E-state index contributed by atoms with van der Waals surface area (Å²) in [5, 5.41) is 17.7. The molecule has 0 heterocycles. The van der Waals surface area contributed by atoms with Crippen molar-refractivity contribution in [1.29, 1.82) is 0 Å². The number of hydrogen-bond acceptors (Lipinski definition) is 5. The van der Waals surface area contributed by atoms with Gasteiger partial charge in [-0.15, -0.1) is 0 Å². The van der Waals surface area contributed by atoms with Crippen molar-refractivity contribution in [2.75, 3.05) is 6.61 Å². The predicted octanol–water partition coefficient (Wildman–Crippen LogP) is -1.32. The number of aliphatic hydroxyl groups is 2. The summed E-state index contributed by atoms with van der Waals surface area (Å²) in [5.41, 5.74) is 0. The molecule has 0 amide bonds. The molecule has 0 bridgehead atoms. The highest BCUT2D eigenvalue weighted by Crippen LogP contribution is 2.41. The molecule has 5 heteroatoms. The Morgan fingerprint density at radius 2 is 2.43 bits per heavy atom. The molecule has 76 valence electrons. The van der Waals surface area contributed by atoms with Crippen molar-refractivity contribution in [2.24, 2.45) is 11.8 Å². The molecule has 1 saturated carbocycles. The molecule has 0 aromatic carbocycles. The van der Waals surface area contributed by atoms with Crippen LogP contribution in [0.4, 0.5) is 0 Å². The zero-order valence-electron chi connectivity index (χ0n) is 7.34. The number of hydrogen-bond donors (Lipinski definition) is 2. The van der Waals surface area contributed by atoms with Gasteiger partial charge in [0.25, 0.3) is 0 Å². The van der Waals surface area contributed by atoms with Crippen molar-refractivity contribution < 1.29 is 24.5 Å². The highest BCUT2D eigenvalue weighted by Gasteiger charge is 2.48. The Hall–Kier alpha value is -1.38. The number of aliphatic hydroxyl groups excluding tert-OH is 2. The van der Waals surface area contributed by atoms with Gasteiger partial charge in [-0.1, -0.05) is 11.8 Å². The summed E-state index contributed by atoms with van der Waals surface area (Å²) in [7, 11) is 0. The lowest BCUT2D eigenvalue weighted by Crippen LogP contribution is -2.13. The number of ether oxygens (including phenoxy) is 1. The third-order valence-corrected chi connectivity index (χ3v) is 2.04. The van der Waals surface area contributed by atoms with Gasteiger partial charge >= 0.3 is 12.4 Å². The molecule has 3 atom stereocenters. The minimum absolute atomic E-state index is 0.0729. The first-order valence-corrected chi connectivity index (χ1v) is 4.12. The van der Waals surface area contributed by atoms with E-state index in [1.165, 1.54) is 0 Å². The first-order chi connectivity index (χ1) is 6.70. The molecule has 2 N–H and O–H groups in total. The Bertz CT molecular complexity index is 287. The van der Waals surface area contributed by atoms with E-state index >= 15 is 0 Å². The third kappa shape index (κ3) is 2.55. The Morgan fingerprint density at radius 3 is 3.00 bits per heavy atom. The lowest BCUT2D eigenvalue weighted by atomic mass is 10.2. The van der Waals surface area contributed by atoms with Gasteiger partial charge in [-0.25, -0.2) is 0 Å². The van der Waals surface area contributed by atoms with Crippen LogP contribution in [0.15, 0.2) is 0 Å². The first-order valence-electron chi connectivity index (χ1n) is 4.12. The summed E-state index contributed by atoms with van der Waals surface area (Å²) in [5.74, 6) is 3.33. The average Bonchev–Trinajstić information content (AvgIpc) is 2.94. The van der Waals surface area contributed by atoms with Gasteiger partial charge in [0.2, 0.25) is 0 Å². The summed E-state index contributed by atoms with van der Waals surface area (Å²) in [6.07, 6.45) is -0.472. The van der Waals surface area contributed by atoms with Crippen LogP contribution in [0.25, 0.3) is 0 Å². The van der Waals surface area contributed by atoms with Crippen molar-refractivity contribution in [3.63, 3.8) is 0 Å². The van der Waals surface area contributed by atoms with Gasteiger partial charge in [0.15, 0.2) is 0 Å². The zero-order valence-corrected chi connectivity index (χ0v) is 7.34. The van der Waals surface area contributed by atoms with Crippen LogP contribution in [0.3, 0.4) is 0 Å². The van der Waals surface area contributed by atoms with Crippen LogP contribution < -0.4 is 0 Å². The van der Waals surface area contributed by atoms with Gasteiger partial charge in [-0.2, -0.15) is 0 Å². The van der Waals surface area contributed by atoms with Crippen molar-refractivity contribution in [1.82, 2.24) is 0 Å². The number of carbonyl (C=O) groups is 2. The summed E-state index contributed by atoms with van der Waals surface area (Å²) in [6.45, 7) is -0.253. The lowest BCUT2D eigenvalue weighted by Gasteiger charge is -1.99. The monoisotopic (exact) mass is 198 g/mol. The van der Waals surface area contributed by atoms with E-state index in [0.29, 0.717) is 6.42 Å². The molecule has 1 rings (SSSR count). The molecule has 1 aliphatic carbocycles. The molecule has 0 aromatic rings. The van der Waals surface area contributed by atoms with Crippen molar-refractivity contribution >= 4 is 12.4 Å². The first kappa shape index (κ1) is 10.7. The van der Waals surface area contributed by atoms with Gasteiger partial charge < -0.3 is 14.9 Å². The molecule has 1 fully saturated rings. The number of esters is 1. The summed E-state index contributed by atoms with van der Waals surface area (Å²) >= 11 is 0. The van der Waals surface area contributed by atoms with Gasteiger partial charge in [-0.05, 0) is 6.42 Å². The van der Waals surface area contributed by atoms with E-state index in [-0.39, 0.29) is 19.0 Å². The fourth-order valence-corrected chi connectivity index (χ4v) is 1.23. The third-order valence-electron chi connectivity index (χ3n) is 2.04. The average molecular weight is 198 g/mol. The minimum atomic E-state index is -0.939. The van der Waals surface area contributed by atoms with E-state index in [2.05, 4.69) is 16.6 Å². The zero-order chi connectivity index (χ0) is 10.6. The number of rotatable bonds is 3. The Labute approximate surface area is 80.7 Å². The van der Waals surface area contributed by atoms with Gasteiger partial charge in [0, 0.05) is 5.92 Å². The lowest BCUT2D eigenvalue weighted by molar-refractivity contribution is -0.152. The van der Waals surface area contributed by atoms with Crippen LogP contribution >= 0.6 is 0 Å². The minimum Gasteiger partial charge on any atom is -0.395 e. The predicted molar refractivity (Wildman–Crippen MR) is 44.6 cm³/mol. The second kappa shape index (κ2) is 4.74. The normalized spacial score (nSPS) is 25.6. The smallest absolute Gasteiger partial charge is 0.316 e. The van der Waals surface area contributed by atoms with E-state index in [1.807, 2.05) is 0 Å². The highest BCUT2D eigenvalue weighted by atomic mass is 16.6. The van der Waals surface area contributed by atoms with E-state index in [1.54, 1.807) is 0 Å². The fourth-order valence-electron chi connectivity index (χ4n) is 1.23.